The lowest BCUT2D eigenvalue weighted by molar-refractivity contribution is 0.425. The van der Waals surface area contributed by atoms with Crippen LogP contribution in [0.3, 0.4) is 0 Å². The van der Waals surface area contributed by atoms with E-state index in [9.17, 15) is 10.0 Å². The van der Waals surface area contributed by atoms with Crippen molar-refractivity contribution in [2.24, 2.45) is 0 Å². The van der Waals surface area contributed by atoms with Crippen molar-refractivity contribution in [3.05, 3.63) is 60.2 Å². The molecule has 0 unspecified atom stereocenters. The smallest absolute Gasteiger partial charge is 0.423 e. The van der Waals surface area contributed by atoms with Crippen LogP contribution in [0.5, 0.6) is 0 Å². The molecular formula is C17H22BNO2. The summed E-state index contributed by atoms with van der Waals surface area (Å²) in [5, 5.41) is 18.6. The summed E-state index contributed by atoms with van der Waals surface area (Å²) in [5.74, 6) is 0. The van der Waals surface area contributed by atoms with Crippen LogP contribution in [0.15, 0.2) is 54.6 Å². The molecule has 0 aliphatic heterocycles. The van der Waals surface area contributed by atoms with Crippen LogP contribution in [0.25, 0.3) is 0 Å². The highest BCUT2D eigenvalue weighted by molar-refractivity contribution is 6.58. The van der Waals surface area contributed by atoms with E-state index in [1.54, 1.807) is 6.07 Å². The Kier molecular flexibility index (Phi) is 5.84. The summed E-state index contributed by atoms with van der Waals surface area (Å²) in [6, 6.07) is 17.8. The van der Waals surface area contributed by atoms with Crippen molar-refractivity contribution in [3.8, 4) is 0 Å². The van der Waals surface area contributed by atoms with Gasteiger partial charge in [0.05, 0.1) is 0 Å². The minimum absolute atomic E-state index is 0.538. The highest BCUT2D eigenvalue weighted by Gasteiger charge is 2.12. The van der Waals surface area contributed by atoms with Gasteiger partial charge in [-0.15, -0.1) is 0 Å². The molecule has 3 nitrogen and oxygen atoms in total. The average molecular weight is 283 g/mol. The molecular weight excluding hydrogens is 261 g/mol. The first-order valence-electron chi connectivity index (χ1n) is 7.45. The number of para-hydroxylation sites is 1. The standard InChI is InChI=1S/C17H22BNO2/c1-2-3-12-19(17-10-5-4-6-11-17)14-15-8-7-9-16(13-15)18(20)21/h4-11,13,20-21H,2-3,12,14H2,1H3. The number of rotatable bonds is 7. The van der Waals surface area contributed by atoms with Gasteiger partial charge in [-0.1, -0.05) is 55.8 Å². The van der Waals surface area contributed by atoms with Crippen molar-refractivity contribution >= 4 is 18.3 Å². The zero-order valence-electron chi connectivity index (χ0n) is 12.4. The molecule has 0 atom stereocenters. The van der Waals surface area contributed by atoms with Gasteiger partial charge in [0.1, 0.15) is 0 Å². The van der Waals surface area contributed by atoms with Gasteiger partial charge in [-0.2, -0.15) is 0 Å². The zero-order chi connectivity index (χ0) is 15.1. The Bertz CT molecular complexity index is 545. The number of nitrogens with zero attached hydrogens (tertiary/aromatic N) is 1. The molecule has 0 fully saturated rings. The molecule has 0 amide bonds. The topological polar surface area (TPSA) is 43.7 Å². The number of benzene rings is 2. The molecule has 0 saturated heterocycles. The van der Waals surface area contributed by atoms with Crippen LogP contribution in [0, 0.1) is 0 Å². The van der Waals surface area contributed by atoms with Gasteiger partial charge in [0, 0.05) is 18.8 Å². The van der Waals surface area contributed by atoms with E-state index >= 15 is 0 Å². The summed E-state index contributed by atoms with van der Waals surface area (Å²) < 4.78 is 0. The van der Waals surface area contributed by atoms with E-state index in [0.29, 0.717) is 5.46 Å². The molecule has 2 aromatic carbocycles. The highest BCUT2D eigenvalue weighted by atomic mass is 16.4. The molecule has 2 N–H and O–H groups in total. The van der Waals surface area contributed by atoms with E-state index in [1.165, 1.54) is 5.69 Å². The normalized spacial score (nSPS) is 10.4. The monoisotopic (exact) mass is 283 g/mol. The van der Waals surface area contributed by atoms with Gasteiger partial charge in [0.15, 0.2) is 0 Å². The summed E-state index contributed by atoms with van der Waals surface area (Å²) in [6.07, 6.45) is 2.29. The van der Waals surface area contributed by atoms with Gasteiger partial charge in [0.2, 0.25) is 0 Å². The zero-order valence-corrected chi connectivity index (χ0v) is 12.4. The molecule has 0 aromatic heterocycles. The van der Waals surface area contributed by atoms with Crippen molar-refractivity contribution in [2.75, 3.05) is 11.4 Å². The molecule has 0 heterocycles. The van der Waals surface area contributed by atoms with Crippen LogP contribution < -0.4 is 10.4 Å². The molecule has 4 heteroatoms. The molecule has 110 valence electrons. The van der Waals surface area contributed by atoms with Crippen molar-refractivity contribution in [3.63, 3.8) is 0 Å². The van der Waals surface area contributed by atoms with Gasteiger partial charge in [-0.05, 0) is 29.6 Å². The Morgan fingerprint density at radius 3 is 2.43 bits per heavy atom. The summed E-state index contributed by atoms with van der Waals surface area (Å²) in [5.41, 5.74) is 2.82. The van der Waals surface area contributed by atoms with Crippen molar-refractivity contribution in [1.82, 2.24) is 0 Å². The largest absolute Gasteiger partial charge is 0.488 e. The Hall–Kier alpha value is -1.78. The van der Waals surface area contributed by atoms with Crippen LogP contribution in [-0.2, 0) is 6.54 Å². The number of hydrogen-bond donors (Lipinski definition) is 2. The molecule has 21 heavy (non-hydrogen) atoms. The van der Waals surface area contributed by atoms with E-state index in [2.05, 4.69) is 24.0 Å². The fourth-order valence-corrected chi connectivity index (χ4v) is 2.36. The Balaban J connectivity index is 2.16. The third-order valence-electron chi connectivity index (χ3n) is 3.53. The van der Waals surface area contributed by atoms with Gasteiger partial charge in [0.25, 0.3) is 0 Å². The molecule has 0 spiro atoms. The van der Waals surface area contributed by atoms with Gasteiger partial charge in [-0.25, -0.2) is 0 Å². The van der Waals surface area contributed by atoms with E-state index in [1.807, 2.05) is 36.4 Å². The predicted octanol–water partition coefficient (Wildman–Crippen LogP) is 2.17. The van der Waals surface area contributed by atoms with Crippen LogP contribution >= 0.6 is 0 Å². The minimum atomic E-state index is -1.41. The lowest BCUT2D eigenvalue weighted by Gasteiger charge is -2.25. The average Bonchev–Trinajstić information content (AvgIpc) is 2.52. The van der Waals surface area contributed by atoms with E-state index in [0.717, 1.165) is 31.5 Å². The molecule has 0 aliphatic rings. The Morgan fingerprint density at radius 1 is 1.00 bits per heavy atom. The van der Waals surface area contributed by atoms with Crippen LogP contribution in [0.2, 0.25) is 0 Å². The maximum atomic E-state index is 9.28. The second kappa shape index (κ2) is 7.86. The lowest BCUT2D eigenvalue weighted by atomic mass is 9.79. The molecule has 0 saturated carbocycles. The highest BCUT2D eigenvalue weighted by Crippen LogP contribution is 2.17. The summed E-state index contributed by atoms with van der Waals surface area (Å²) in [4.78, 5) is 2.33. The van der Waals surface area contributed by atoms with E-state index < -0.39 is 7.12 Å². The summed E-state index contributed by atoms with van der Waals surface area (Å²) in [6.45, 7) is 3.95. The molecule has 0 aliphatic carbocycles. The van der Waals surface area contributed by atoms with E-state index in [-0.39, 0.29) is 0 Å². The van der Waals surface area contributed by atoms with Gasteiger partial charge in [-0.3, -0.25) is 0 Å². The van der Waals surface area contributed by atoms with Gasteiger partial charge < -0.3 is 14.9 Å². The van der Waals surface area contributed by atoms with Crippen LogP contribution in [-0.4, -0.2) is 23.7 Å². The first-order valence-corrected chi connectivity index (χ1v) is 7.45. The lowest BCUT2D eigenvalue weighted by Crippen LogP contribution is -2.31. The fourth-order valence-electron chi connectivity index (χ4n) is 2.36. The molecule has 2 aromatic rings. The van der Waals surface area contributed by atoms with Crippen molar-refractivity contribution in [1.29, 1.82) is 0 Å². The SMILES string of the molecule is CCCCN(Cc1cccc(B(O)O)c1)c1ccccc1. The number of anilines is 1. The molecule has 0 radical (unpaired) electrons. The maximum absolute atomic E-state index is 9.28. The number of hydrogen-bond acceptors (Lipinski definition) is 3. The number of unbranched alkanes of at least 4 members (excludes halogenated alkanes) is 1. The Labute approximate surface area is 127 Å². The summed E-state index contributed by atoms with van der Waals surface area (Å²) >= 11 is 0. The first-order chi connectivity index (χ1) is 10.2. The minimum Gasteiger partial charge on any atom is -0.423 e. The van der Waals surface area contributed by atoms with E-state index in [4.69, 9.17) is 0 Å². The predicted molar refractivity (Wildman–Crippen MR) is 88.7 cm³/mol. The van der Waals surface area contributed by atoms with Gasteiger partial charge >= 0.3 is 7.12 Å². The Morgan fingerprint density at radius 2 is 1.76 bits per heavy atom. The first kappa shape index (κ1) is 15.6. The fraction of sp³-hybridized carbons (Fsp3) is 0.294. The third kappa shape index (κ3) is 4.62. The van der Waals surface area contributed by atoms with Crippen molar-refractivity contribution < 1.29 is 10.0 Å². The van der Waals surface area contributed by atoms with Crippen LogP contribution in [0.4, 0.5) is 5.69 Å². The second-order valence-corrected chi connectivity index (χ2v) is 5.23. The van der Waals surface area contributed by atoms with Crippen LogP contribution in [0.1, 0.15) is 25.3 Å². The quantitative estimate of drug-likeness (QED) is 0.765. The molecule has 0 bridgehead atoms. The van der Waals surface area contributed by atoms with Crippen molar-refractivity contribution in [2.45, 2.75) is 26.3 Å². The maximum Gasteiger partial charge on any atom is 0.488 e. The third-order valence-corrected chi connectivity index (χ3v) is 3.53. The summed E-state index contributed by atoms with van der Waals surface area (Å²) in [7, 11) is -1.41. The second-order valence-electron chi connectivity index (χ2n) is 5.23. The molecule has 2 rings (SSSR count).